The molecule has 0 unspecified atom stereocenters. The molecule has 19 heavy (non-hydrogen) atoms. The Bertz CT molecular complexity index is 338. The van der Waals surface area contributed by atoms with Crippen molar-refractivity contribution in [1.29, 1.82) is 0 Å². The van der Waals surface area contributed by atoms with Crippen LogP contribution in [0.15, 0.2) is 30.3 Å². The summed E-state index contributed by atoms with van der Waals surface area (Å²) >= 11 is -2.70. The van der Waals surface area contributed by atoms with E-state index in [2.05, 4.69) is 19.1 Å². The summed E-state index contributed by atoms with van der Waals surface area (Å²) in [6.07, 6.45) is 8.41. The van der Waals surface area contributed by atoms with E-state index in [0.717, 1.165) is 17.3 Å². The SMILES string of the molecule is CCCCCCC[CH2][Sn](=[O])[O]CCc1ccccc1. The van der Waals surface area contributed by atoms with Gasteiger partial charge in [-0.3, -0.25) is 0 Å². The van der Waals surface area contributed by atoms with Crippen molar-refractivity contribution in [3.05, 3.63) is 35.9 Å². The van der Waals surface area contributed by atoms with Gasteiger partial charge in [0.2, 0.25) is 0 Å². The van der Waals surface area contributed by atoms with Gasteiger partial charge in [-0.2, -0.15) is 0 Å². The molecule has 1 rings (SSSR count). The van der Waals surface area contributed by atoms with Gasteiger partial charge in [-0.1, -0.05) is 0 Å². The van der Waals surface area contributed by atoms with Gasteiger partial charge in [-0.15, -0.1) is 0 Å². The number of hydrogen-bond donors (Lipinski definition) is 0. The van der Waals surface area contributed by atoms with Crippen LogP contribution in [-0.2, 0) is 12.6 Å². The molecule has 1 aromatic rings. The molecule has 0 saturated heterocycles. The summed E-state index contributed by atoms with van der Waals surface area (Å²) < 4.78 is 18.1. The van der Waals surface area contributed by atoms with Crippen molar-refractivity contribution in [3.63, 3.8) is 0 Å². The van der Waals surface area contributed by atoms with Crippen LogP contribution in [0.2, 0.25) is 4.44 Å². The molecule has 0 atom stereocenters. The minimum absolute atomic E-state index is 0.623. The van der Waals surface area contributed by atoms with Crippen LogP contribution in [0.4, 0.5) is 0 Å². The molecule has 0 aromatic heterocycles. The van der Waals surface area contributed by atoms with Crippen LogP contribution >= 0.6 is 0 Å². The minimum atomic E-state index is -2.70. The third kappa shape index (κ3) is 9.33. The molecule has 1 aromatic carbocycles. The number of benzene rings is 1. The van der Waals surface area contributed by atoms with E-state index < -0.39 is 20.2 Å². The zero-order valence-electron chi connectivity index (χ0n) is 12.1. The Morgan fingerprint density at radius 2 is 1.68 bits per heavy atom. The third-order valence-electron chi connectivity index (χ3n) is 3.23. The van der Waals surface area contributed by atoms with Gasteiger partial charge in [0.25, 0.3) is 0 Å². The van der Waals surface area contributed by atoms with Crippen LogP contribution < -0.4 is 0 Å². The first-order chi connectivity index (χ1) is 9.33. The van der Waals surface area contributed by atoms with Gasteiger partial charge in [0.15, 0.2) is 0 Å². The molecular weight excluding hydrogens is 343 g/mol. The van der Waals surface area contributed by atoms with Crippen molar-refractivity contribution in [2.75, 3.05) is 6.61 Å². The summed E-state index contributed by atoms with van der Waals surface area (Å²) in [4.78, 5) is 0. The third-order valence-corrected chi connectivity index (χ3v) is 6.91. The standard InChI is InChI=1S/C8H9O.C8H17.O.Sn/c9-7-6-8-4-2-1-3-5-8;1-3-5-7-8-6-4-2;;/h1-5H,6-7H2;1,3-8H2,2H3;;/q-1;;;+1. The van der Waals surface area contributed by atoms with E-state index in [1.165, 1.54) is 37.7 Å². The predicted octanol–water partition coefficient (Wildman–Crippen LogP) is 4.52. The quantitative estimate of drug-likeness (QED) is 0.423. The molecule has 0 radical (unpaired) electrons. The molecule has 0 heterocycles. The molecule has 3 heteroatoms. The topological polar surface area (TPSA) is 26.3 Å². The van der Waals surface area contributed by atoms with Crippen molar-refractivity contribution in [1.82, 2.24) is 0 Å². The Labute approximate surface area is 125 Å². The summed E-state index contributed by atoms with van der Waals surface area (Å²) in [5.74, 6) is 0. The number of hydrogen-bond acceptors (Lipinski definition) is 2. The second-order valence-corrected chi connectivity index (χ2v) is 9.35. The van der Waals surface area contributed by atoms with Crippen molar-refractivity contribution >= 4 is 20.2 Å². The molecule has 0 N–H and O–H groups in total. The van der Waals surface area contributed by atoms with Crippen LogP contribution in [0.25, 0.3) is 0 Å². The normalized spacial score (nSPS) is 10.6. The van der Waals surface area contributed by atoms with Crippen molar-refractivity contribution in [2.24, 2.45) is 0 Å². The Morgan fingerprint density at radius 3 is 2.42 bits per heavy atom. The number of rotatable bonds is 11. The summed E-state index contributed by atoms with van der Waals surface area (Å²) in [5.41, 5.74) is 1.26. The van der Waals surface area contributed by atoms with E-state index in [-0.39, 0.29) is 0 Å². The zero-order chi connectivity index (χ0) is 13.8. The van der Waals surface area contributed by atoms with Crippen LogP contribution in [0.1, 0.15) is 51.0 Å². The molecule has 0 aliphatic carbocycles. The zero-order valence-corrected chi connectivity index (χ0v) is 14.9. The summed E-state index contributed by atoms with van der Waals surface area (Å²) in [6, 6.07) is 10.2. The Kier molecular flexibility index (Phi) is 10.3. The summed E-state index contributed by atoms with van der Waals surface area (Å²) in [6.45, 7) is 2.85. The Hall–Kier alpha value is -0.221. The average Bonchev–Trinajstić information content (AvgIpc) is 2.44. The maximum absolute atomic E-state index is 11.8. The Balaban J connectivity index is 1.96. The van der Waals surface area contributed by atoms with Gasteiger partial charge in [-0.25, -0.2) is 0 Å². The average molecular weight is 369 g/mol. The monoisotopic (exact) mass is 370 g/mol. The van der Waals surface area contributed by atoms with Crippen LogP contribution in [-0.4, -0.2) is 26.8 Å². The molecule has 0 aliphatic rings. The molecular formula is C16H26O2Sn. The van der Waals surface area contributed by atoms with Crippen LogP contribution in [0.5, 0.6) is 0 Å². The molecule has 106 valence electrons. The molecule has 0 aliphatic heterocycles. The van der Waals surface area contributed by atoms with E-state index in [0.29, 0.717) is 6.61 Å². The van der Waals surface area contributed by atoms with E-state index >= 15 is 0 Å². The van der Waals surface area contributed by atoms with E-state index in [9.17, 15) is 3.08 Å². The van der Waals surface area contributed by atoms with Crippen molar-refractivity contribution in [3.8, 4) is 0 Å². The fourth-order valence-electron chi connectivity index (χ4n) is 2.05. The van der Waals surface area contributed by atoms with Crippen molar-refractivity contribution in [2.45, 2.75) is 56.3 Å². The van der Waals surface area contributed by atoms with Gasteiger partial charge in [0.1, 0.15) is 0 Å². The second-order valence-electron chi connectivity index (χ2n) is 4.97. The van der Waals surface area contributed by atoms with Crippen LogP contribution in [0.3, 0.4) is 0 Å². The molecule has 0 saturated carbocycles. The maximum atomic E-state index is 11.8. The van der Waals surface area contributed by atoms with Crippen LogP contribution in [0, 0.1) is 0 Å². The van der Waals surface area contributed by atoms with E-state index in [4.69, 9.17) is 3.07 Å². The van der Waals surface area contributed by atoms with E-state index in [1.54, 1.807) is 0 Å². The first kappa shape index (κ1) is 16.8. The van der Waals surface area contributed by atoms with Gasteiger partial charge in [0.05, 0.1) is 0 Å². The van der Waals surface area contributed by atoms with Gasteiger partial charge >= 0.3 is 125 Å². The van der Waals surface area contributed by atoms with Gasteiger partial charge in [-0.05, 0) is 0 Å². The molecule has 0 fully saturated rings. The molecule has 0 spiro atoms. The second kappa shape index (κ2) is 11.6. The first-order valence-electron chi connectivity index (χ1n) is 7.52. The van der Waals surface area contributed by atoms with E-state index in [1.807, 2.05) is 18.2 Å². The summed E-state index contributed by atoms with van der Waals surface area (Å²) in [7, 11) is 0. The molecule has 2 nitrogen and oxygen atoms in total. The fraction of sp³-hybridized carbons (Fsp3) is 0.625. The fourth-order valence-corrected chi connectivity index (χ4v) is 4.94. The Morgan fingerprint density at radius 1 is 1.00 bits per heavy atom. The number of unbranched alkanes of at least 4 members (excludes halogenated alkanes) is 5. The molecule has 0 amide bonds. The van der Waals surface area contributed by atoms with Gasteiger partial charge < -0.3 is 0 Å². The van der Waals surface area contributed by atoms with Crippen molar-refractivity contribution < 1.29 is 6.15 Å². The first-order valence-corrected chi connectivity index (χ1v) is 11.9. The molecule has 0 bridgehead atoms. The predicted molar refractivity (Wildman–Crippen MR) is 80.7 cm³/mol. The summed E-state index contributed by atoms with van der Waals surface area (Å²) in [5, 5.41) is 0. The van der Waals surface area contributed by atoms with Gasteiger partial charge in [0, 0.05) is 0 Å².